The molecule has 1 saturated carbocycles. The molecule has 1 rings (SSSR count). The first-order chi connectivity index (χ1) is 11.6. The molecule has 0 bridgehead atoms. The van der Waals surface area contributed by atoms with Crippen LogP contribution in [0, 0.1) is 17.4 Å². The lowest BCUT2D eigenvalue weighted by atomic mass is 9.84. The summed E-state index contributed by atoms with van der Waals surface area (Å²) in [5.41, 5.74) is 0. The Morgan fingerprint density at radius 3 is 2.04 bits per heavy atom. The fourth-order valence-electron chi connectivity index (χ4n) is 3.25. The number of nitriles is 1. The zero-order valence-corrected chi connectivity index (χ0v) is 16.2. The minimum atomic E-state index is -2.72. The number of carbonyl (C=O) groups excluding carboxylic acids is 1. The number of carbonyl (C=O) groups is 1. The Hall–Kier alpha value is -0.943. The van der Waals surface area contributed by atoms with E-state index in [1.807, 2.05) is 20.8 Å². The normalized spacial score (nSPS) is 21.2. The van der Waals surface area contributed by atoms with Gasteiger partial charge < -0.3 is 18.0 Å². The number of ketones is 1. The van der Waals surface area contributed by atoms with E-state index in [9.17, 15) is 4.79 Å². The molecule has 0 aliphatic heterocycles. The van der Waals surface area contributed by atoms with E-state index in [-0.39, 0.29) is 11.9 Å². The molecule has 0 saturated heterocycles. The van der Waals surface area contributed by atoms with Gasteiger partial charge in [-0.25, -0.2) is 0 Å². The van der Waals surface area contributed by atoms with Crippen molar-refractivity contribution in [2.75, 3.05) is 19.8 Å². The Morgan fingerprint density at radius 1 is 1.04 bits per heavy atom. The van der Waals surface area contributed by atoms with Crippen molar-refractivity contribution in [2.24, 2.45) is 5.92 Å². The summed E-state index contributed by atoms with van der Waals surface area (Å²) in [7, 11) is -2.72. The molecule has 6 nitrogen and oxygen atoms in total. The summed E-state index contributed by atoms with van der Waals surface area (Å²) in [4.78, 5) is 12.3. The molecule has 0 unspecified atom stereocenters. The number of rotatable bonds is 12. The predicted octanol–water partition coefficient (Wildman–Crippen LogP) is 3.44. The van der Waals surface area contributed by atoms with Crippen LogP contribution in [0.5, 0.6) is 0 Å². The number of nitrogens with zero attached hydrogens (tertiary/aromatic N) is 1. The largest absolute Gasteiger partial charge is 0.501 e. The third-order valence-corrected chi connectivity index (χ3v) is 7.38. The first kappa shape index (κ1) is 21.1. The SMILES string of the molecule is CCO[Si](CCC(=O)CC1CCC(OC#N)CC1)(OCC)OCC. The molecule has 0 aromatic rings. The molecule has 0 aromatic heterocycles. The van der Waals surface area contributed by atoms with Gasteiger partial charge in [0.25, 0.3) is 6.26 Å². The van der Waals surface area contributed by atoms with Crippen molar-refractivity contribution in [3.63, 3.8) is 0 Å². The van der Waals surface area contributed by atoms with Crippen molar-refractivity contribution in [1.82, 2.24) is 0 Å². The van der Waals surface area contributed by atoms with E-state index in [1.54, 1.807) is 6.26 Å². The van der Waals surface area contributed by atoms with E-state index in [2.05, 4.69) is 0 Å². The van der Waals surface area contributed by atoms with Crippen molar-refractivity contribution in [1.29, 1.82) is 5.26 Å². The topological polar surface area (TPSA) is 77.8 Å². The van der Waals surface area contributed by atoms with Crippen LogP contribution < -0.4 is 0 Å². The fourth-order valence-corrected chi connectivity index (χ4v) is 5.83. The standard InChI is InChI=1S/C17H31NO5Si/c1-4-21-24(22-5-2,23-6-3)12-11-16(19)13-15-7-9-17(10-8-15)20-14-18/h15,17H,4-13H2,1-3H3. The van der Waals surface area contributed by atoms with E-state index < -0.39 is 8.80 Å². The Kier molecular flexibility index (Phi) is 10.2. The predicted molar refractivity (Wildman–Crippen MR) is 92.1 cm³/mol. The molecule has 0 aromatic carbocycles. The van der Waals surface area contributed by atoms with Crippen LogP contribution >= 0.6 is 0 Å². The maximum absolute atomic E-state index is 12.3. The highest BCUT2D eigenvalue weighted by molar-refractivity contribution is 6.61. The van der Waals surface area contributed by atoms with Gasteiger partial charge in [0.05, 0.1) is 0 Å². The molecule has 1 aliphatic rings. The second-order valence-electron chi connectivity index (χ2n) is 6.08. The summed E-state index contributed by atoms with van der Waals surface area (Å²) in [5, 5.41) is 8.55. The van der Waals surface area contributed by atoms with Gasteiger partial charge in [-0.2, -0.15) is 5.26 Å². The van der Waals surface area contributed by atoms with Gasteiger partial charge in [-0.05, 0) is 52.4 Å². The van der Waals surface area contributed by atoms with Crippen molar-refractivity contribution in [3.8, 4) is 6.26 Å². The number of ether oxygens (including phenoxy) is 1. The van der Waals surface area contributed by atoms with E-state index in [4.69, 9.17) is 23.3 Å². The highest BCUT2D eigenvalue weighted by atomic mass is 28.4. The van der Waals surface area contributed by atoms with E-state index in [0.717, 1.165) is 25.7 Å². The second kappa shape index (κ2) is 11.6. The number of hydrogen-bond acceptors (Lipinski definition) is 6. The summed E-state index contributed by atoms with van der Waals surface area (Å²) in [6.45, 7) is 7.35. The maximum atomic E-state index is 12.3. The molecule has 0 amide bonds. The van der Waals surface area contributed by atoms with Crippen LogP contribution in [0.25, 0.3) is 0 Å². The van der Waals surface area contributed by atoms with Gasteiger partial charge in [0.15, 0.2) is 0 Å². The highest BCUT2D eigenvalue weighted by Gasteiger charge is 2.40. The first-order valence-corrected chi connectivity index (χ1v) is 11.0. The van der Waals surface area contributed by atoms with Crippen LogP contribution in [0.15, 0.2) is 0 Å². The number of Topliss-reactive ketones (excluding diaryl/α,β-unsaturated/α-hetero) is 1. The molecular formula is C17H31NO5Si. The minimum absolute atomic E-state index is 0.0373. The lowest BCUT2D eigenvalue weighted by molar-refractivity contribution is -0.120. The summed E-state index contributed by atoms with van der Waals surface area (Å²) < 4.78 is 22.3. The fraction of sp³-hybridized carbons (Fsp3) is 0.882. The van der Waals surface area contributed by atoms with Crippen LogP contribution in [-0.2, 0) is 22.8 Å². The van der Waals surface area contributed by atoms with Gasteiger partial charge in [0.1, 0.15) is 11.9 Å². The van der Waals surface area contributed by atoms with Crippen molar-refractivity contribution >= 4 is 14.6 Å². The molecule has 1 fully saturated rings. The van der Waals surface area contributed by atoms with Gasteiger partial charge in [-0.1, -0.05) is 0 Å². The van der Waals surface area contributed by atoms with E-state index in [0.29, 0.717) is 44.6 Å². The zero-order chi connectivity index (χ0) is 17.8. The third kappa shape index (κ3) is 7.30. The van der Waals surface area contributed by atoms with Crippen molar-refractivity contribution in [3.05, 3.63) is 0 Å². The number of hydrogen-bond donors (Lipinski definition) is 0. The molecule has 1 aliphatic carbocycles. The Morgan fingerprint density at radius 2 is 1.58 bits per heavy atom. The lowest BCUT2D eigenvalue weighted by Crippen LogP contribution is -2.46. The second-order valence-corrected chi connectivity index (χ2v) is 8.81. The molecule has 0 atom stereocenters. The van der Waals surface area contributed by atoms with E-state index >= 15 is 0 Å². The Balaban J connectivity index is 2.41. The zero-order valence-electron chi connectivity index (χ0n) is 15.2. The Labute approximate surface area is 146 Å². The molecular weight excluding hydrogens is 326 g/mol. The molecule has 138 valence electrons. The van der Waals surface area contributed by atoms with E-state index in [1.165, 1.54) is 0 Å². The van der Waals surface area contributed by atoms with Crippen LogP contribution in [-0.4, -0.2) is 40.5 Å². The third-order valence-electron chi connectivity index (χ3n) is 4.33. The molecule has 0 radical (unpaired) electrons. The van der Waals surface area contributed by atoms with Crippen LogP contribution in [0.3, 0.4) is 0 Å². The summed E-state index contributed by atoms with van der Waals surface area (Å²) in [6, 6.07) is 0.550. The molecule has 7 heteroatoms. The van der Waals surface area contributed by atoms with Gasteiger partial charge in [0.2, 0.25) is 0 Å². The first-order valence-electron chi connectivity index (χ1n) is 9.07. The van der Waals surface area contributed by atoms with Crippen molar-refractivity contribution < 1.29 is 22.8 Å². The van der Waals surface area contributed by atoms with Gasteiger partial charge in [-0.15, -0.1) is 0 Å². The molecule has 24 heavy (non-hydrogen) atoms. The summed E-state index contributed by atoms with van der Waals surface area (Å²) in [5.74, 6) is 0.647. The average Bonchev–Trinajstić information content (AvgIpc) is 2.56. The minimum Gasteiger partial charge on any atom is -0.424 e. The molecule has 0 spiro atoms. The van der Waals surface area contributed by atoms with Gasteiger partial charge >= 0.3 is 8.80 Å². The lowest BCUT2D eigenvalue weighted by Gasteiger charge is -2.29. The van der Waals surface area contributed by atoms with Crippen LogP contribution in [0.4, 0.5) is 0 Å². The summed E-state index contributed by atoms with van der Waals surface area (Å²) in [6.07, 6.45) is 6.45. The van der Waals surface area contributed by atoms with Crippen LogP contribution in [0.1, 0.15) is 59.3 Å². The molecule has 0 N–H and O–H groups in total. The quantitative estimate of drug-likeness (QED) is 0.393. The van der Waals surface area contributed by atoms with Crippen molar-refractivity contribution in [2.45, 2.75) is 71.4 Å². The smallest absolute Gasteiger partial charge is 0.424 e. The van der Waals surface area contributed by atoms with Gasteiger partial charge in [0, 0.05) is 38.7 Å². The maximum Gasteiger partial charge on any atom is 0.501 e. The highest BCUT2D eigenvalue weighted by Crippen LogP contribution is 2.29. The average molecular weight is 358 g/mol. The van der Waals surface area contributed by atoms with Gasteiger partial charge in [-0.3, -0.25) is 4.79 Å². The Bertz CT molecular complexity index is 387. The van der Waals surface area contributed by atoms with Crippen LogP contribution in [0.2, 0.25) is 6.04 Å². The molecule has 0 heterocycles. The monoisotopic (exact) mass is 357 g/mol. The summed E-state index contributed by atoms with van der Waals surface area (Å²) >= 11 is 0.